The Morgan fingerprint density at radius 3 is 2.52 bits per heavy atom. The second kappa shape index (κ2) is 9.03. The molecule has 8 heteroatoms. The van der Waals surface area contributed by atoms with E-state index in [9.17, 15) is 9.59 Å². The van der Waals surface area contributed by atoms with Gasteiger partial charge in [-0.15, -0.1) is 0 Å². The van der Waals surface area contributed by atoms with E-state index in [-0.39, 0.29) is 18.2 Å². The second-order valence-electron chi connectivity index (χ2n) is 5.53. The van der Waals surface area contributed by atoms with Crippen LogP contribution in [0.15, 0.2) is 23.3 Å². The maximum Gasteiger partial charge on any atom is 0.271 e. The summed E-state index contributed by atoms with van der Waals surface area (Å²) in [4.78, 5) is 26.0. The minimum absolute atomic E-state index is 0.0232. The van der Waals surface area contributed by atoms with Crippen LogP contribution in [0, 0.1) is 0 Å². The van der Waals surface area contributed by atoms with E-state index >= 15 is 0 Å². The molecule has 0 bridgehead atoms. The number of benzene rings is 1. The van der Waals surface area contributed by atoms with Crippen LogP contribution in [0.3, 0.4) is 0 Å². The Morgan fingerprint density at radius 1 is 1.20 bits per heavy atom. The predicted octanol–water partition coefficient (Wildman–Crippen LogP) is 1.06. The highest BCUT2D eigenvalue weighted by molar-refractivity contribution is 6.01. The van der Waals surface area contributed by atoms with Crippen molar-refractivity contribution < 1.29 is 23.8 Å². The molecule has 2 rings (SSSR count). The van der Waals surface area contributed by atoms with Gasteiger partial charge >= 0.3 is 0 Å². The maximum absolute atomic E-state index is 12.2. The number of hydrogen-bond donors (Lipinski definition) is 1. The molecule has 2 amide bonds. The molecule has 1 N–H and O–H groups in total. The van der Waals surface area contributed by atoms with Crippen LogP contribution < -0.4 is 14.9 Å². The van der Waals surface area contributed by atoms with Crippen LogP contribution >= 0.6 is 0 Å². The lowest BCUT2D eigenvalue weighted by Crippen LogP contribution is -2.41. The van der Waals surface area contributed by atoms with E-state index in [0.29, 0.717) is 49.1 Å². The zero-order valence-electron chi connectivity index (χ0n) is 14.7. The first-order valence-electron chi connectivity index (χ1n) is 7.96. The third-order valence-corrected chi connectivity index (χ3v) is 3.76. The Balaban J connectivity index is 1.93. The summed E-state index contributed by atoms with van der Waals surface area (Å²) in [6, 6.07) is 4.82. The molecule has 0 saturated carbocycles. The predicted molar refractivity (Wildman–Crippen MR) is 92.1 cm³/mol. The van der Waals surface area contributed by atoms with E-state index < -0.39 is 0 Å². The van der Waals surface area contributed by atoms with Gasteiger partial charge in [-0.05, 0) is 25.1 Å². The molecule has 1 aliphatic rings. The first-order chi connectivity index (χ1) is 12.0. The topological polar surface area (TPSA) is 89.5 Å². The number of amides is 2. The van der Waals surface area contributed by atoms with Crippen molar-refractivity contribution in [2.45, 2.75) is 13.3 Å². The molecule has 1 saturated heterocycles. The Labute approximate surface area is 146 Å². The van der Waals surface area contributed by atoms with Crippen LogP contribution in [0.4, 0.5) is 0 Å². The van der Waals surface area contributed by atoms with Crippen LogP contribution in [0.25, 0.3) is 0 Å². The molecule has 0 radical (unpaired) electrons. The van der Waals surface area contributed by atoms with Gasteiger partial charge in [0.05, 0.1) is 33.9 Å². The fraction of sp³-hybridized carbons (Fsp3) is 0.471. The summed E-state index contributed by atoms with van der Waals surface area (Å²) in [5.41, 5.74) is 3.37. The van der Waals surface area contributed by atoms with Gasteiger partial charge in [0.1, 0.15) is 0 Å². The molecule has 1 aromatic carbocycles. The highest BCUT2D eigenvalue weighted by atomic mass is 16.5. The zero-order valence-corrected chi connectivity index (χ0v) is 14.7. The van der Waals surface area contributed by atoms with Crippen molar-refractivity contribution in [1.29, 1.82) is 0 Å². The number of methoxy groups -OCH3 is 2. The number of nitrogens with zero attached hydrogens (tertiary/aromatic N) is 2. The van der Waals surface area contributed by atoms with E-state index in [2.05, 4.69) is 10.5 Å². The van der Waals surface area contributed by atoms with Gasteiger partial charge in [-0.2, -0.15) is 5.10 Å². The van der Waals surface area contributed by atoms with Gasteiger partial charge in [-0.1, -0.05) is 0 Å². The Kier molecular flexibility index (Phi) is 6.76. The molecule has 0 spiro atoms. The molecule has 0 aromatic heterocycles. The quantitative estimate of drug-likeness (QED) is 0.613. The molecule has 1 fully saturated rings. The Hall–Kier alpha value is -2.61. The Bertz CT molecular complexity index is 654. The molecule has 25 heavy (non-hydrogen) atoms. The number of nitrogens with one attached hydrogen (secondary N) is 1. The summed E-state index contributed by atoms with van der Waals surface area (Å²) in [6.45, 7) is 3.98. The fourth-order valence-corrected chi connectivity index (χ4v) is 2.37. The summed E-state index contributed by atoms with van der Waals surface area (Å²) in [7, 11) is 3.02. The van der Waals surface area contributed by atoms with Crippen molar-refractivity contribution in [2.75, 3.05) is 40.5 Å². The molecule has 1 aliphatic heterocycles. The van der Waals surface area contributed by atoms with Crippen molar-refractivity contribution in [3.05, 3.63) is 23.8 Å². The standard InChI is InChI=1S/C17H23N3O5/c1-12(10-16(21)20-6-8-25-9-7-20)18-19-17(22)13-4-5-14(23-2)15(11-13)24-3/h4-5,11H,6-10H2,1-3H3,(H,19,22)/b18-12-. The van der Waals surface area contributed by atoms with Gasteiger partial charge < -0.3 is 19.1 Å². The smallest absolute Gasteiger partial charge is 0.271 e. The van der Waals surface area contributed by atoms with Crippen LogP contribution in [-0.4, -0.2) is 62.9 Å². The summed E-state index contributed by atoms with van der Waals surface area (Å²) in [5.74, 6) is 0.581. The third kappa shape index (κ3) is 5.18. The second-order valence-corrected chi connectivity index (χ2v) is 5.53. The lowest BCUT2D eigenvalue weighted by molar-refractivity contribution is -0.133. The fourth-order valence-electron chi connectivity index (χ4n) is 2.37. The third-order valence-electron chi connectivity index (χ3n) is 3.76. The average molecular weight is 349 g/mol. The molecule has 0 atom stereocenters. The number of hydrazone groups is 1. The van der Waals surface area contributed by atoms with Crippen molar-refractivity contribution in [2.24, 2.45) is 5.10 Å². The number of hydrogen-bond acceptors (Lipinski definition) is 6. The monoisotopic (exact) mass is 349 g/mol. The van der Waals surface area contributed by atoms with Crippen molar-refractivity contribution in [3.8, 4) is 11.5 Å². The van der Waals surface area contributed by atoms with Crippen LogP contribution in [0.2, 0.25) is 0 Å². The SMILES string of the molecule is COc1ccc(C(=O)N/N=C(/C)CC(=O)N2CCOCC2)cc1OC. The highest BCUT2D eigenvalue weighted by Gasteiger charge is 2.17. The molecule has 0 unspecified atom stereocenters. The lowest BCUT2D eigenvalue weighted by Gasteiger charge is -2.26. The molecular weight excluding hydrogens is 326 g/mol. The summed E-state index contributed by atoms with van der Waals surface area (Å²) >= 11 is 0. The van der Waals surface area contributed by atoms with E-state index in [1.54, 1.807) is 30.0 Å². The average Bonchev–Trinajstić information content (AvgIpc) is 2.66. The normalized spacial score (nSPS) is 14.8. The summed E-state index contributed by atoms with van der Waals surface area (Å²) in [6.07, 6.45) is 0.159. The summed E-state index contributed by atoms with van der Waals surface area (Å²) < 4.78 is 15.5. The Morgan fingerprint density at radius 2 is 1.88 bits per heavy atom. The van der Waals surface area contributed by atoms with Gasteiger partial charge in [0, 0.05) is 24.4 Å². The lowest BCUT2D eigenvalue weighted by atomic mass is 10.2. The zero-order chi connectivity index (χ0) is 18.2. The van der Waals surface area contributed by atoms with Gasteiger partial charge in [-0.3, -0.25) is 9.59 Å². The van der Waals surface area contributed by atoms with Crippen LogP contribution in [0.5, 0.6) is 11.5 Å². The first kappa shape index (κ1) is 18.7. The van der Waals surface area contributed by atoms with Gasteiger partial charge in [0.15, 0.2) is 11.5 Å². The molecule has 8 nitrogen and oxygen atoms in total. The van der Waals surface area contributed by atoms with E-state index in [1.165, 1.54) is 14.2 Å². The van der Waals surface area contributed by atoms with Crippen molar-refractivity contribution >= 4 is 17.5 Å². The van der Waals surface area contributed by atoms with Crippen molar-refractivity contribution in [1.82, 2.24) is 10.3 Å². The van der Waals surface area contributed by atoms with Crippen LogP contribution in [0.1, 0.15) is 23.7 Å². The molecule has 0 aliphatic carbocycles. The molecule has 1 heterocycles. The van der Waals surface area contributed by atoms with Gasteiger partial charge in [0.25, 0.3) is 5.91 Å². The number of rotatable bonds is 6. The summed E-state index contributed by atoms with van der Waals surface area (Å²) in [5, 5.41) is 4.00. The maximum atomic E-state index is 12.2. The first-order valence-corrected chi connectivity index (χ1v) is 7.96. The number of carbonyl (C=O) groups is 2. The van der Waals surface area contributed by atoms with E-state index in [0.717, 1.165) is 0 Å². The molecule has 1 aromatic rings. The number of morpholine rings is 1. The largest absolute Gasteiger partial charge is 0.493 e. The van der Waals surface area contributed by atoms with Gasteiger partial charge in [0.2, 0.25) is 5.91 Å². The minimum Gasteiger partial charge on any atom is -0.493 e. The minimum atomic E-state index is -0.390. The highest BCUT2D eigenvalue weighted by Crippen LogP contribution is 2.27. The number of carbonyl (C=O) groups excluding carboxylic acids is 2. The molecular formula is C17H23N3O5. The van der Waals surface area contributed by atoms with Crippen LogP contribution in [-0.2, 0) is 9.53 Å². The molecule has 136 valence electrons. The van der Waals surface area contributed by atoms with E-state index in [1.807, 2.05) is 0 Å². The number of ether oxygens (including phenoxy) is 3. The van der Waals surface area contributed by atoms with Gasteiger partial charge in [-0.25, -0.2) is 5.43 Å². The van der Waals surface area contributed by atoms with Crippen molar-refractivity contribution in [3.63, 3.8) is 0 Å². The van der Waals surface area contributed by atoms with E-state index in [4.69, 9.17) is 14.2 Å².